The minimum Gasteiger partial charge on any atom is -0.330 e. The fourth-order valence-electron chi connectivity index (χ4n) is 3.63. The first-order valence-corrected chi connectivity index (χ1v) is 10.4. The van der Waals surface area contributed by atoms with Gasteiger partial charge in [-0.2, -0.15) is 0 Å². The first-order chi connectivity index (χ1) is 12.1. The van der Waals surface area contributed by atoms with Crippen molar-refractivity contribution in [2.75, 3.05) is 12.3 Å². The van der Waals surface area contributed by atoms with Gasteiger partial charge in [-0.25, -0.2) is 8.42 Å². The Hall–Kier alpha value is -2.14. The van der Waals surface area contributed by atoms with Gasteiger partial charge in [-0.05, 0) is 36.0 Å². The lowest BCUT2D eigenvalue weighted by Crippen LogP contribution is -2.43. The summed E-state index contributed by atoms with van der Waals surface area (Å²) in [6, 6.07) is 17.8. The predicted octanol–water partition coefficient (Wildman–Crippen LogP) is 2.74. The molecule has 0 spiro atoms. The van der Waals surface area contributed by atoms with Crippen molar-refractivity contribution in [1.82, 2.24) is 4.90 Å². The first-order valence-electron chi connectivity index (χ1n) is 8.70. The minimum atomic E-state index is -3.31. The van der Waals surface area contributed by atoms with E-state index in [-0.39, 0.29) is 23.0 Å². The SMILES string of the molecule is O=C(CS(=O)(=O)C1CC1)N1CCc2ccccc2[C@H]1c1ccccc1. The highest BCUT2D eigenvalue weighted by Crippen LogP contribution is 2.36. The molecular formula is C20H21NO3S. The average molecular weight is 355 g/mol. The molecule has 1 amide bonds. The third-order valence-electron chi connectivity index (χ3n) is 5.08. The number of nitrogens with zero attached hydrogens (tertiary/aromatic N) is 1. The van der Waals surface area contributed by atoms with E-state index in [1.54, 1.807) is 4.90 Å². The number of hydrogen-bond acceptors (Lipinski definition) is 3. The molecule has 0 N–H and O–H groups in total. The van der Waals surface area contributed by atoms with E-state index in [0.29, 0.717) is 19.4 Å². The smallest absolute Gasteiger partial charge is 0.238 e. The maximum atomic E-state index is 12.9. The maximum absolute atomic E-state index is 12.9. The van der Waals surface area contributed by atoms with Gasteiger partial charge in [0.05, 0.1) is 11.3 Å². The van der Waals surface area contributed by atoms with Crippen molar-refractivity contribution in [3.05, 3.63) is 71.3 Å². The second kappa shape index (κ2) is 6.30. The molecule has 4 rings (SSSR count). The van der Waals surface area contributed by atoms with Crippen molar-refractivity contribution in [2.45, 2.75) is 30.6 Å². The van der Waals surface area contributed by atoms with E-state index in [4.69, 9.17) is 0 Å². The van der Waals surface area contributed by atoms with E-state index >= 15 is 0 Å². The van der Waals surface area contributed by atoms with E-state index in [1.807, 2.05) is 48.5 Å². The van der Waals surface area contributed by atoms with Crippen LogP contribution in [-0.4, -0.2) is 36.8 Å². The molecule has 1 fully saturated rings. The molecule has 2 aromatic rings. The van der Waals surface area contributed by atoms with Gasteiger partial charge in [-0.15, -0.1) is 0 Å². The van der Waals surface area contributed by atoms with Crippen LogP contribution in [0.1, 0.15) is 35.6 Å². The van der Waals surface area contributed by atoms with Crippen molar-refractivity contribution in [3.63, 3.8) is 0 Å². The van der Waals surface area contributed by atoms with Crippen LogP contribution in [0.2, 0.25) is 0 Å². The summed E-state index contributed by atoms with van der Waals surface area (Å²) in [5.74, 6) is -0.654. The van der Waals surface area contributed by atoms with Gasteiger partial charge in [-0.3, -0.25) is 4.79 Å². The highest BCUT2D eigenvalue weighted by Gasteiger charge is 2.40. The van der Waals surface area contributed by atoms with Gasteiger partial charge in [0.15, 0.2) is 9.84 Å². The molecule has 5 heteroatoms. The molecule has 0 saturated heterocycles. The van der Waals surface area contributed by atoms with Gasteiger partial charge in [0.2, 0.25) is 5.91 Å². The molecule has 1 atom stereocenters. The number of benzene rings is 2. The summed E-state index contributed by atoms with van der Waals surface area (Å²) < 4.78 is 24.6. The second-order valence-electron chi connectivity index (χ2n) is 6.86. The number of sulfone groups is 1. The van der Waals surface area contributed by atoms with Crippen molar-refractivity contribution < 1.29 is 13.2 Å². The third-order valence-corrected chi connectivity index (χ3v) is 7.21. The number of rotatable bonds is 4. The van der Waals surface area contributed by atoms with Gasteiger partial charge < -0.3 is 4.90 Å². The molecule has 2 aromatic carbocycles. The summed E-state index contributed by atoms with van der Waals surface area (Å²) in [5, 5.41) is -0.302. The van der Waals surface area contributed by atoms with Gasteiger partial charge in [0.1, 0.15) is 5.75 Å². The van der Waals surface area contributed by atoms with E-state index in [2.05, 4.69) is 6.07 Å². The van der Waals surface area contributed by atoms with E-state index in [1.165, 1.54) is 5.56 Å². The van der Waals surface area contributed by atoms with Gasteiger partial charge in [-0.1, -0.05) is 54.6 Å². The molecular weight excluding hydrogens is 334 g/mol. The zero-order valence-electron chi connectivity index (χ0n) is 14.0. The first kappa shape index (κ1) is 16.3. The minimum absolute atomic E-state index is 0.215. The molecule has 2 aliphatic rings. The fraction of sp³-hybridized carbons (Fsp3) is 0.350. The monoisotopic (exact) mass is 355 g/mol. The summed E-state index contributed by atoms with van der Waals surface area (Å²) in [6.07, 6.45) is 2.15. The van der Waals surface area contributed by atoms with Crippen LogP contribution in [0.4, 0.5) is 0 Å². The molecule has 25 heavy (non-hydrogen) atoms. The zero-order chi connectivity index (χ0) is 17.4. The summed E-state index contributed by atoms with van der Waals surface area (Å²) >= 11 is 0. The van der Waals surface area contributed by atoms with Crippen LogP contribution in [0.5, 0.6) is 0 Å². The van der Waals surface area contributed by atoms with Crippen molar-refractivity contribution in [1.29, 1.82) is 0 Å². The highest BCUT2D eigenvalue weighted by atomic mass is 32.2. The predicted molar refractivity (Wildman–Crippen MR) is 97.0 cm³/mol. The van der Waals surface area contributed by atoms with Crippen LogP contribution < -0.4 is 0 Å². The highest BCUT2D eigenvalue weighted by molar-refractivity contribution is 7.93. The molecule has 4 nitrogen and oxygen atoms in total. The van der Waals surface area contributed by atoms with E-state index in [9.17, 15) is 13.2 Å². The van der Waals surface area contributed by atoms with Crippen LogP contribution >= 0.6 is 0 Å². The van der Waals surface area contributed by atoms with Gasteiger partial charge >= 0.3 is 0 Å². The molecule has 1 saturated carbocycles. The van der Waals surface area contributed by atoms with Crippen LogP contribution in [-0.2, 0) is 21.1 Å². The van der Waals surface area contributed by atoms with Gasteiger partial charge in [0.25, 0.3) is 0 Å². The summed E-state index contributed by atoms with van der Waals surface area (Å²) in [7, 11) is -3.31. The Kier molecular flexibility index (Phi) is 4.12. The molecule has 1 heterocycles. The van der Waals surface area contributed by atoms with Crippen molar-refractivity contribution in [2.24, 2.45) is 0 Å². The maximum Gasteiger partial charge on any atom is 0.238 e. The Morgan fingerprint density at radius 3 is 2.40 bits per heavy atom. The summed E-state index contributed by atoms with van der Waals surface area (Å²) in [5.41, 5.74) is 3.34. The van der Waals surface area contributed by atoms with Crippen LogP contribution in [0.15, 0.2) is 54.6 Å². The van der Waals surface area contributed by atoms with Crippen LogP contribution in [0.25, 0.3) is 0 Å². The summed E-state index contributed by atoms with van der Waals surface area (Å²) in [4.78, 5) is 14.6. The largest absolute Gasteiger partial charge is 0.330 e. The van der Waals surface area contributed by atoms with Crippen molar-refractivity contribution >= 4 is 15.7 Å². The van der Waals surface area contributed by atoms with Crippen molar-refractivity contribution in [3.8, 4) is 0 Å². The number of amides is 1. The molecule has 0 unspecified atom stereocenters. The topological polar surface area (TPSA) is 54.5 Å². The molecule has 0 radical (unpaired) electrons. The van der Waals surface area contributed by atoms with Crippen LogP contribution in [0, 0.1) is 0 Å². The Labute approximate surface area is 148 Å². The molecule has 130 valence electrons. The number of fused-ring (bicyclic) bond motifs is 1. The lowest BCUT2D eigenvalue weighted by molar-refractivity contribution is -0.130. The molecule has 0 aromatic heterocycles. The quantitative estimate of drug-likeness (QED) is 0.847. The number of carbonyl (C=O) groups is 1. The zero-order valence-corrected chi connectivity index (χ0v) is 14.8. The lowest BCUT2D eigenvalue weighted by atomic mass is 9.88. The molecule has 1 aliphatic heterocycles. The fourth-order valence-corrected chi connectivity index (χ4v) is 5.23. The number of hydrogen-bond donors (Lipinski definition) is 0. The third kappa shape index (κ3) is 3.21. The second-order valence-corrected chi connectivity index (χ2v) is 9.14. The normalized spacial score (nSPS) is 20.2. The Balaban J connectivity index is 1.70. The molecule has 1 aliphatic carbocycles. The van der Waals surface area contributed by atoms with E-state index < -0.39 is 9.84 Å². The number of carbonyl (C=O) groups excluding carboxylic acids is 1. The lowest BCUT2D eigenvalue weighted by Gasteiger charge is -2.37. The summed E-state index contributed by atoms with van der Waals surface area (Å²) in [6.45, 7) is 0.551. The average Bonchev–Trinajstić information content (AvgIpc) is 3.47. The molecule has 0 bridgehead atoms. The Morgan fingerprint density at radius 2 is 1.68 bits per heavy atom. The van der Waals surface area contributed by atoms with Gasteiger partial charge in [0, 0.05) is 6.54 Å². The van der Waals surface area contributed by atoms with Crippen LogP contribution in [0.3, 0.4) is 0 Å². The standard InChI is InChI=1S/C20H21NO3S/c22-19(14-25(23,24)17-10-11-17)21-13-12-15-6-4-5-9-18(15)20(21)16-7-2-1-3-8-16/h1-9,17,20H,10-14H2/t20-/m1/s1. The Bertz CT molecular complexity index is 888. The Morgan fingerprint density at radius 1 is 1.00 bits per heavy atom. The van der Waals surface area contributed by atoms with E-state index in [0.717, 1.165) is 17.5 Å².